The molecule has 1 aliphatic heterocycles. The van der Waals surface area contributed by atoms with E-state index < -0.39 is 23.2 Å². The van der Waals surface area contributed by atoms with E-state index in [4.69, 9.17) is 4.42 Å². The van der Waals surface area contributed by atoms with Gasteiger partial charge in [-0.05, 0) is 43.0 Å². The second-order valence-electron chi connectivity index (χ2n) is 5.46. The molecule has 1 aromatic heterocycles. The minimum atomic E-state index is -0.978. The molecule has 6 nitrogen and oxygen atoms in total. The van der Waals surface area contributed by atoms with Gasteiger partial charge >= 0.3 is 5.97 Å². The summed E-state index contributed by atoms with van der Waals surface area (Å²) in [6.07, 6.45) is 1.50. The molecule has 0 bridgehead atoms. The van der Waals surface area contributed by atoms with E-state index in [1.54, 1.807) is 12.1 Å². The van der Waals surface area contributed by atoms with E-state index in [2.05, 4.69) is 20.7 Å². The van der Waals surface area contributed by atoms with Gasteiger partial charge in [-0.2, -0.15) is 0 Å². The molecule has 0 saturated carbocycles. The smallest absolute Gasteiger partial charge is 0.328 e. The minimum absolute atomic E-state index is 0.197. The second-order valence-corrected chi connectivity index (χ2v) is 7.37. The summed E-state index contributed by atoms with van der Waals surface area (Å²) in [6, 6.07) is 10.1. The van der Waals surface area contributed by atoms with Crippen LogP contribution in [0.25, 0.3) is 17.4 Å². The first-order valence-corrected chi connectivity index (χ1v) is 9.22. The molecule has 1 fully saturated rings. The molecule has 0 aliphatic carbocycles. The maximum Gasteiger partial charge on any atom is 0.328 e. The van der Waals surface area contributed by atoms with Crippen molar-refractivity contribution in [1.82, 2.24) is 4.90 Å². The molecular formula is C18H14BrNO5S. The molecule has 0 N–H and O–H groups in total. The van der Waals surface area contributed by atoms with E-state index in [9.17, 15) is 14.4 Å². The van der Waals surface area contributed by atoms with Gasteiger partial charge in [0.15, 0.2) is 0 Å². The fourth-order valence-corrected chi connectivity index (χ4v) is 3.57. The third-order valence-corrected chi connectivity index (χ3v) is 5.19. The van der Waals surface area contributed by atoms with Gasteiger partial charge in [-0.3, -0.25) is 14.5 Å². The van der Waals surface area contributed by atoms with Gasteiger partial charge in [-0.25, -0.2) is 4.79 Å². The monoisotopic (exact) mass is 435 g/mol. The van der Waals surface area contributed by atoms with Crippen molar-refractivity contribution in [1.29, 1.82) is 0 Å². The number of rotatable bonds is 4. The number of hydrogen-bond acceptors (Lipinski definition) is 6. The van der Waals surface area contributed by atoms with Gasteiger partial charge in [0.1, 0.15) is 17.6 Å². The normalized spacial score (nSPS) is 17.0. The Balaban J connectivity index is 1.83. The lowest BCUT2D eigenvalue weighted by Gasteiger charge is -2.18. The Bertz CT molecular complexity index is 903. The third-order valence-electron chi connectivity index (χ3n) is 3.78. The highest BCUT2D eigenvalue weighted by Crippen LogP contribution is 2.34. The summed E-state index contributed by atoms with van der Waals surface area (Å²) in [4.78, 5) is 37.3. The van der Waals surface area contributed by atoms with E-state index in [0.717, 1.165) is 26.7 Å². The number of esters is 1. The zero-order chi connectivity index (χ0) is 18.8. The van der Waals surface area contributed by atoms with Crippen molar-refractivity contribution in [2.24, 2.45) is 0 Å². The summed E-state index contributed by atoms with van der Waals surface area (Å²) in [5.41, 5.74) is 0.889. The van der Waals surface area contributed by atoms with Crippen LogP contribution in [0, 0.1) is 0 Å². The average Bonchev–Trinajstić information content (AvgIpc) is 3.19. The van der Waals surface area contributed by atoms with Crippen molar-refractivity contribution < 1.29 is 23.5 Å². The van der Waals surface area contributed by atoms with E-state index in [1.165, 1.54) is 20.1 Å². The fourth-order valence-electron chi connectivity index (χ4n) is 2.42. The largest absolute Gasteiger partial charge is 0.467 e. The summed E-state index contributed by atoms with van der Waals surface area (Å²) in [5.74, 6) is -0.103. The Morgan fingerprint density at radius 1 is 1.23 bits per heavy atom. The van der Waals surface area contributed by atoms with Gasteiger partial charge in [0.25, 0.3) is 11.1 Å². The molecule has 1 aromatic carbocycles. The topological polar surface area (TPSA) is 76.8 Å². The second kappa shape index (κ2) is 7.51. The first kappa shape index (κ1) is 18.5. The number of carbonyl (C=O) groups excluding carboxylic acids is 3. The highest BCUT2D eigenvalue weighted by molar-refractivity contribution is 9.10. The van der Waals surface area contributed by atoms with Crippen molar-refractivity contribution in [2.45, 2.75) is 13.0 Å². The Morgan fingerprint density at radius 3 is 2.58 bits per heavy atom. The van der Waals surface area contributed by atoms with Gasteiger partial charge in [-0.1, -0.05) is 28.1 Å². The highest BCUT2D eigenvalue weighted by Gasteiger charge is 2.41. The highest BCUT2D eigenvalue weighted by atomic mass is 79.9. The van der Waals surface area contributed by atoms with Crippen LogP contribution in [0.2, 0.25) is 0 Å². The number of benzene rings is 1. The van der Waals surface area contributed by atoms with E-state index >= 15 is 0 Å². The standard InChI is InChI=1S/C18H14BrNO5S/c1-10(17(22)24-2)20-16(21)15(26-18(20)23)9-13-7-8-14(25-13)11-3-5-12(19)6-4-11/h3-10H,1-2H3/b15-9+. The molecule has 1 saturated heterocycles. The molecule has 1 unspecified atom stereocenters. The lowest BCUT2D eigenvalue weighted by molar-refractivity contribution is -0.148. The van der Waals surface area contributed by atoms with Crippen molar-refractivity contribution in [3.63, 3.8) is 0 Å². The quantitative estimate of drug-likeness (QED) is 0.525. The first-order chi connectivity index (χ1) is 12.4. The maximum atomic E-state index is 12.5. The number of ether oxygens (including phenoxy) is 1. The van der Waals surface area contributed by atoms with Crippen molar-refractivity contribution >= 4 is 50.9 Å². The number of amides is 2. The van der Waals surface area contributed by atoms with Gasteiger partial charge < -0.3 is 9.15 Å². The summed E-state index contributed by atoms with van der Waals surface area (Å²) >= 11 is 4.14. The van der Waals surface area contributed by atoms with E-state index in [1.807, 2.05) is 24.3 Å². The van der Waals surface area contributed by atoms with Gasteiger partial charge in [0.05, 0.1) is 12.0 Å². The van der Waals surface area contributed by atoms with Crippen LogP contribution >= 0.6 is 27.7 Å². The summed E-state index contributed by atoms with van der Waals surface area (Å²) in [7, 11) is 1.21. The van der Waals surface area contributed by atoms with Gasteiger partial charge in [0.2, 0.25) is 0 Å². The number of furan rings is 1. The molecular weight excluding hydrogens is 422 g/mol. The number of carbonyl (C=O) groups is 3. The SMILES string of the molecule is COC(=O)C(C)N1C(=O)S/C(=C/c2ccc(-c3ccc(Br)cc3)o2)C1=O. The minimum Gasteiger partial charge on any atom is -0.467 e. The van der Waals surface area contributed by atoms with E-state index in [-0.39, 0.29) is 4.91 Å². The van der Waals surface area contributed by atoms with Crippen LogP contribution in [-0.4, -0.2) is 35.2 Å². The summed E-state index contributed by atoms with van der Waals surface area (Å²) in [5, 5.41) is -0.515. The number of methoxy groups -OCH3 is 1. The molecule has 2 amide bonds. The molecule has 0 radical (unpaired) electrons. The lowest BCUT2D eigenvalue weighted by atomic mass is 10.2. The van der Waals surface area contributed by atoms with Crippen LogP contribution in [0.15, 0.2) is 50.2 Å². The van der Waals surface area contributed by atoms with Crippen LogP contribution in [0.4, 0.5) is 4.79 Å². The molecule has 3 rings (SSSR count). The first-order valence-electron chi connectivity index (χ1n) is 7.61. The fraction of sp³-hybridized carbons (Fsp3) is 0.167. The van der Waals surface area contributed by atoms with Crippen LogP contribution < -0.4 is 0 Å². The van der Waals surface area contributed by atoms with Crippen molar-refractivity contribution in [3.8, 4) is 11.3 Å². The van der Waals surface area contributed by atoms with Crippen LogP contribution in [-0.2, 0) is 14.3 Å². The molecule has 134 valence electrons. The Morgan fingerprint density at radius 2 is 1.92 bits per heavy atom. The predicted molar refractivity (Wildman–Crippen MR) is 101 cm³/mol. The molecule has 0 spiro atoms. The molecule has 8 heteroatoms. The summed E-state index contributed by atoms with van der Waals surface area (Å²) < 4.78 is 11.3. The van der Waals surface area contributed by atoms with E-state index in [0.29, 0.717) is 11.5 Å². The molecule has 2 aromatic rings. The Kier molecular flexibility index (Phi) is 5.33. The predicted octanol–water partition coefficient (Wildman–Crippen LogP) is 4.31. The molecule has 1 aliphatic rings. The number of nitrogens with zero attached hydrogens (tertiary/aromatic N) is 1. The number of halogens is 1. The maximum absolute atomic E-state index is 12.5. The molecule has 26 heavy (non-hydrogen) atoms. The van der Waals surface area contributed by atoms with Crippen LogP contribution in [0.5, 0.6) is 0 Å². The van der Waals surface area contributed by atoms with Gasteiger partial charge in [-0.15, -0.1) is 0 Å². The zero-order valence-corrected chi connectivity index (χ0v) is 16.3. The van der Waals surface area contributed by atoms with Crippen molar-refractivity contribution in [2.75, 3.05) is 7.11 Å². The van der Waals surface area contributed by atoms with Gasteiger partial charge in [0, 0.05) is 16.1 Å². The van der Waals surface area contributed by atoms with Crippen LogP contribution in [0.3, 0.4) is 0 Å². The Hall–Kier alpha value is -2.32. The molecule has 1 atom stereocenters. The summed E-state index contributed by atoms with van der Waals surface area (Å²) in [6.45, 7) is 1.45. The number of imide groups is 1. The lowest BCUT2D eigenvalue weighted by Crippen LogP contribution is -2.42. The zero-order valence-electron chi connectivity index (χ0n) is 13.9. The number of thioether (sulfide) groups is 1. The van der Waals surface area contributed by atoms with Crippen molar-refractivity contribution in [3.05, 3.63) is 51.5 Å². The third kappa shape index (κ3) is 3.61. The average molecular weight is 436 g/mol. The number of hydrogen-bond donors (Lipinski definition) is 0. The molecule has 2 heterocycles. The van der Waals surface area contributed by atoms with Crippen LogP contribution in [0.1, 0.15) is 12.7 Å². The Labute approximate surface area is 162 Å².